The molecule has 0 rings (SSSR count). The van der Waals surface area contributed by atoms with Crippen molar-refractivity contribution < 1.29 is 14.7 Å². The minimum Gasteiger partial charge on any atom is -0.395 e. The third-order valence-electron chi connectivity index (χ3n) is 3.34. The average Bonchev–Trinajstić information content (AvgIpc) is 2.52. The summed E-state index contributed by atoms with van der Waals surface area (Å²) in [5.41, 5.74) is 0. The highest BCUT2D eigenvalue weighted by molar-refractivity contribution is 6.01. The SMILES string of the molecule is CC/C=C\CCCC(=O)C(CC/C=C\CC)C(=O)NCCO. The molecule has 0 aromatic heterocycles. The third kappa shape index (κ3) is 10.3. The van der Waals surface area contributed by atoms with Crippen LogP contribution in [0, 0.1) is 5.92 Å². The molecule has 0 aliphatic heterocycles. The van der Waals surface area contributed by atoms with Crippen molar-refractivity contribution in [2.75, 3.05) is 13.2 Å². The van der Waals surface area contributed by atoms with Gasteiger partial charge in [0, 0.05) is 13.0 Å². The molecule has 0 radical (unpaired) electrons. The molecule has 0 fully saturated rings. The van der Waals surface area contributed by atoms with Crippen LogP contribution in [0.4, 0.5) is 0 Å². The first-order valence-corrected chi connectivity index (χ1v) is 8.38. The van der Waals surface area contributed by atoms with Gasteiger partial charge in [-0.3, -0.25) is 9.59 Å². The number of aliphatic hydroxyl groups excluding tert-OH is 1. The number of amides is 1. The van der Waals surface area contributed by atoms with Crippen LogP contribution in [-0.4, -0.2) is 29.9 Å². The minimum atomic E-state index is -0.594. The van der Waals surface area contributed by atoms with Gasteiger partial charge >= 0.3 is 0 Å². The molecule has 1 atom stereocenters. The van der Waals surface area contributed by atoms with Gasteiger partial charge in [0.25, 0.3) is 0 Å². The Morgan fingerprint density at radius 1 is 1.05 bits per heavy atom. The van der Waals surface area contributed by atoms with Gasteiger partial charge in [-0.2, -0.15) is 0 Å². The van der Waals surface area contributed by atoms with Crippen molar-refractivity contribution >= 4 is 11.7 Å². The maximum absolute atomic E-state index is 12.3. The number of unbranched alkanes of at least 4 members (excludes halogenated alkanes) is 1. The molecule has 0 saturated carbocycles. The Labute approximate surface area is 134 Å². The molecule has 1 amide bonds. The fourth-order valence-corrected chi connectivity index (χ4v) is 2.14. The number of hydrogen-bond donors (Lipinski definition) is 2. The molecule has 4 heteroatoms. The molecule has 0 aromatic rings. The predicted octanol–water partition coefficient (Wildman–Crippen LogP) is 3.16. The Kier molecular flexibility index (Phi) is 13.6. The minimum absolute atomic E-state index is 0.00485. The van der Waals surface area contributed by atoms with Gasteiger partial charge in [0.05, 0.1) is 12.5 Å². The topological polar surface area (TPSA) is 66.4 Å². The van der Waals surface area contributed by atoms with Crippen molar-refractivity contribution in [2.24, 2.45) is 5.92 Å². The van der Waals surface area contributed by atoms with E-state index >= 15 is 0 Å². The summed E-state index contributed by atoms with van der Waals surface area (Å²) in [7, 11) is 0. The zero-order valence-corrected chi connectivity index (χ0v) is 14.0. The molecule has 0 spiro atoms. The van der Waals surface area contributed by atoms with Crippen LogP contribution >= 0.6 is 0 Å². The molecule has 1 unspecified atom stereocenters. The quantitative estimate of drug-likeness (QED) is 0.312. The number of Topliss-reactive ketones (excluding diaryl/α,β-unsaturated/α-hetero) is 1. The van der Waals surface area contributed by atoms with Crippen LogP contribution < -0.4 is 5.32 Å². The summed E-state index contributed by atoms with van der Waals surface area (Å²) in [5.74, 6) is -0.846. The van der Waals surface area contributed by atoms with Crippen molar-refractivity contribution in [1.82, 2.24) is 5.32 Å². The molecule has 126 valence electrons. The van der Waals surface area contributed by atoms with E-state index in [4.69, 9.17) is 5.11 Å². The summed E-state index contributed by atoms with van der Waals surface area (Å²) in [6, 6.07) is 0. The van der Waals surface area contributed by atoms with E-state index in [9.17, 15) is 9.59 Å². The largest absolute Gasteiger partial charge is 0.395 e. The zero-order chi connectivity index (χ0) is 16.6. The van der Waals surface area contributed by atoms with E-state index in [0.29, 0.717) is 12.8 Å². The number of aliphatic hydroxyl groups is 1. The van der Waals surface area contributed by atoms with Crippen molar-refractivity contribution in [3.63, 3.8) is 0 Å². The lowest BCUT2D eigenvalue weighted by atomic mass is 9.93. The summed E-state index contributed by atoms with van der Waals surface area (Å²) in [6.07, 6.45) is 13.6. The molecule has 2 N–H and O–H groups in total. The fraction of sp³-hybridized carbons (Fsp3) is 0.667. The van der Waals surface area contributed by atoms with Crippen LogP contribution in [0.3, 0.4) is 0 Å². The first-order valence-electron chi connectivity index (χ1n) is 8.38. The van der Waals surface area contributed by atoms with E-state index in [1.54, 1.807) is 0 Å². The highest BCUT2D eigenvalue weighted by Crippen LogP contribution is 2.14. The molecular formula is C18H31NO3. The summed E-state index contributed by atoms with van der Waals surface area (Å²) < 4.78 is 0. The van der Waals surface area contributed by atoms with Crippen molar-refractivity contribution in [3.05, 3.63) is 24.3 Å². The number of allylic oxidation sites excluding steroid dienone is 4. The number of nitrogens with one attached hydrogen (secondary N) is 1. The van der Waals surface area contributed by atoms with Gasteiger partial charge in [0.1, 0.15) is 5.78 Å². The van der Waals surface area contributed by atoms with E-state index in [-0.39, 0.29) is 24.8 Å². The van der Waals surface area contributed by atoms with Gasteiger partial charge in [-0.05, 0) is 38.5 Å². The van der Waals surface area contributed by atoms with Gasteiger partial charge in [-0.15, -0.1) is 0 Å². The molecule has 0 bridgehead atoms. The number of rotatable bonds is 13. The Bertz CT molecular complexity index is 361. The first kappa shape index (κ1) is 20.6. The molecule has 0 aliphatic rings. The molecule has 22 heavy (non-hydrogen) atoms. The Balaban J connectivity index is 4.40. The van der Waals surface area contributed by atoms with Crippen LogP contribution in [0.1, 0.15) is 58.8 Å². The van der Waals surface area contributed by atoms with E-state index in [0.717, 1.165) is 32.1 Å². The summed E-state index contributed by atoms with van der Waals surface area (Å²) in [5, 5.41) is 11.4. The standard InChI is InChI=1S/C18H31NO3/c1-3-5-7-9-11-13-17(21)16(12-10-8-6-4-2)18(22)19-14-15-20/h5-8,16,20H,3-4,9-15H2,1-2H3,(H,19,22)/b7-5-,8-6-. The van der Waals surface area contributed by atoms with Crippen molar-refractivity contribution in [3.8, 4) is 0 Å². The fourth-order valence-electron chi connectivity index (χ4n) is 2.14. The lowest BCUT2D eigenvalue weighted by molar-refractivity contribution is -0.134. The molecule has 0 aromatic carbocycles. The second-order valence-electron chi connectivity index (χ2n) is 5.26. The van der Waals surface area contributed by atoms with E-state index < -0.39 is 5.92 Å². The highest BCUT2D eigenvalue weighted by atomic mass is 16.3. The van der Waals surface area contributed by atoms with Gasteiger partial charge in [-0.1, -0.05) is 38.2 Å². The van der Waals surface area contributed by atoms with Gasteiger partial charge < -0.3 is 10.4 Å². The van der Waals surface area contributed by atoms with Crippen LogP contribution in [-0.2, 0) is 9.59 Å². The number of carbonyl (C=O) groups is 2. The Morgan fingerprint density at radius 2 is 1.68 bits per heavy atom. The smallest absolute Gasteiger partial charge is 0.230 e. The lowest BCUT2D eigenvalue weighted by Crippen LogP contribution is -2.36. The van der Waals surface area contributed by atoms with Crippen molar-refractivity contribution in [1.29, 1.82) is 0 Å². The van der Waals surface area contributed by atoms with Crippen LogP contribution in [0.2, 0.25) is 0 Å². The first-order chi connectivity index (χ1) is 10.7. The summed E-state index contributed by atoms with van der Waals surface area (Å²) in [6.45, 7) is 4.22. The van der Waals surface area contributed by atoms with E-state index in [1.807, 2.05) is 12.2 Å². The van der Waals surface area contributed by atoms with Gasteiger partial charge in [-0.25, -0.2) is 0 Å². The number of hydrogen-bond acceptors (Lipinski definition) is 3. The maximum Gasteiger partial charge on any atom is 0.230 e. The Hall–Kier alpha value is -1.42. The van der Waals surface area contributed by atoms with Crippen LogP contribution in [0.15, 0.2) is 24.3 Å². The van der Waals surface area contributed by atoms with Crippen molar-refractivity contribution in [2.45, 2.75) is 58.8 Å². The normalized spacial score (nSPS) is 12.9. The number of carbonyl (C=O) groups excluding carboxylic acids is 2. The molecule has 4 nitrogen and oxygen atoms in total. The van der Waals surface area contributed by atoms with Crippen LogP contribution in [0.25, 0.3) is 0 Å². The number of ketones is 1. The highest BCUT2D eigenvalue weighted by Gasteiger charge is 2.24. The molecule has 0 saturated heterocycles. The van der Waals surface area contributed by atoms with Gasteiger partial charge in [0.2, 0.25) is 5.91 Å². The molecule has 0 heterocycles. The average molecular weight is 309 g/mol. The molecule has 0 aliphatic carbocycles. The lowest BCUT2D eigenvalue weighted by Gasteiger charge is -2.14. The van der Waals surface area contributed by atoms with Crippen LogP contribution in [0.5, 0.6) is 0 Å². The second-order valence-corrected chi connectivity index (χ2v) is 5.26. The summed E-state index contributed by atoms with van der Waals surface area (Å²) >= 11 is 0. The summed E-state index contributed by atoms with van der Waals surface area (Å²) in [4.78, 5) is 24.3. The molecular weight excluding hydrogens is 278 g/mol. The van der Waals surface area contributed by atoms with E-state index in [2.05, 4.69) is 31.3 Å². The third-order valence-corrected chi connectivity index (χ3v) is 3.34. The van der Waals surface area contributed by atoms with E-state index in [1.165, 1.54) is 0 Å². The predicted molar refractivity (Wildman–Crippen MR) is 90.5 cm³/mol. The monoisotopic (exact) mass is 309 g/mol. The Morgan fingerprint density at radius 3 is 2.27 bits per heavy atom. The maximum atomic E-state index is 12.3. The zero-order valence-electron chi connectivity index (χ0n) is 14.0. The second kappa shape index (κ2) is 14.5. The van der Waals surface area contributed by atoms with Gasteiger partial charge in [0.15, 0.2) is 0 Å².